The number of rotatable bonds is 8. The van der Waals surface area contributed by atoms with Gasteiger partial charge in [-0.15, -0.1) is 10.2 Å². The fourth-order valence-electron chi connectivity index (χ4n) is 2.98. The number of hydrogen-bond acceptors (Lipinski definition) is 4. The first-order valence-corrected chi connectivity index (χ1v) is 11.1. The topological polar surface area (TPSA) is 59.8 Å². The number of aromatic nitrogens is 3. The maximum absolute atomic E-state index is 12.4. The fraction of sp³-hybridized carbons (Fsp3) is 0.318. The monoisotopic (exact) mass is 428 g/mol. The van der Waals surface area contributed by atoms with Crippen LogP contribution in [-0.2, 0) is 11.3 Å². The lowest BCUT2D eigenvalue weighted by Gasteiger charge is -2.11. The molecule has 0 saturated carbocycles. The highest BCUT2D eigenvalue weighted by atomic mass is 35.5. The van der Waals surface area contributed by atoms with Crippen molar-refractivity contribution in [3.05, 3.63) is 59.1 Å². The van der Waals surface area contributed by atoms with Crippen LogP contribution in [0.5, 0.6) is 0 Å². The smallest absolute Gasteiger partial charge is 0.234 e. The summed E-state index contributed by atoms with van der Waals surface area (Å²) in [5.41, 5.74) is 2.92. The second kappa shape index (κ2) is 9.94. The third-order valence-corrected chi connectivity index (χ3v) is 6.15. The van der Waals surface area contributed by atoms with E-state index in [0.717, 1.165) is 17.7 Å². The van der Waals surface area contributed by atoms with Crippen molar-refractivity contribution in [1.82, 2.24) is 14.8 Å². The van der Waals surface area contributed by atoms with E-state index in [0.29, 0.717) is 28.5 Å². The number of nitrogens with one attached hydrogen (secondary N) is 1. The molecule has 0 aliphatic heterocycles. The predicted molar refractivity (Wildman–Crippen MR) is 121 cm³/mol. The minimum absolute atomic E-state index is 0.0729. The summed E-state index contributed by atoms with van der Waals surface area (Å²) in [5, 5.41) is 12.8. The van der Waals surface area contributed by atoms with Crippen LogP contribution in [0.15, 0.2) is 53.7 Å². The molecule has 0 unspecified atom stereocenters. The normalized spacial score (nSPS) is 12.0. The van der Waals surface area contributed by atoms with Crippen LogP contribution in [0.25, 0.3) is 11.4 Å². The Morgan fingerprint density at radius 3 is 2.52 bits per heavy atom. The van der Waals surface area contributed by atoms with E-state index in [9.17, 15) is 4.79 Å². The Morgan fingerprint density at radius 2 is 1.86 bits per heavy atom. The highest BCUT2D eigenvalue weighted by Crippen LogP contribution is 2.29. The molecule has 0 spiro atoms. The first-order chi connectivity index (χ1) is 14.0. The van der Waals surface area contributed by atoms with Crippen molar-refractivity contribution in [2.45, 2.75) is 44.8 Å². The van der Waals surface area contributed by atoms with E-state index in [-0.39, 0.29) is 11.7 Å². The Kier molecular flexibility index (Phi) is 7.34. The van der Waals surface area contributed by atoms with Gasteiger partial charge < -0.3 is 9.88 Å². The lowest BCUT2D eigenvalue weighted by molar-refractivity contribution is -0.113. The summed E-state index contributed by atoms with van der Waals surface area (Å²) in [6, 6.07) is 15.6. The van der Waals surface area contributed by atoms with Gasteiger partial charge in [0.1, 0.15) is 0 Å². The maximum Gasteiger partial charge on any atom is 0.234 e. The van der Waals surface area contributed by atoms with Crippen molar-refractivity contribution < 1.29 is 4.79 Å². The Morgan fingerprint density at radius 1 is 1.14 bits per heavy atom. The summed E-state index contributed by atoms with van der Waals surface area (Å²) in [7, 11) is 0. The lowest BCUT2D eigenvalue weighted by atomic mass is 9.99. The Bertz CT molecular complexity index is 971. The molecule has 0 fully saturated rings. The van der Waals surface area contributed by atoms with Gasteiger partial charge in [0.05, 0.1) is 10.8 Å². The van der Waals surface area contributed by atoms with Crippen LogP contribution in [-0.4, -0.2) is 26.4 Å². The molecule has 1 aromatic heterocycles. The molecule has 0 aliphatic carbocycles. The first kappa shape index (κ1) is 21.4. The molecule has 3 rings (SSSR count). The SMILES string of the molecule is CC[C@H](C)c1ccc(NC(=O)CSc2nnc(-c3ccccc3Cl)n2CC)cc1. The van der Waals surface area contributed by atoms with Crippen LogP contribution < -0.4 is 5.32 Å². The Hall–Kier alpha value is -2.31. The second-order valence-corrected chi connectivity index (χ2v) is 8.15. The number of carbonyl (C=O) groups is 1. The molecule has 5 nitrogen and oxygen atoms in total. The molecule has 3 aromatic rings. The molecular weight excluding hydrogens is 404 g/mol. The van der Waals surface area contributed by atoms with E-state index in [2.05, 4.69) is 41.5 Å². The first-order valence-electron chi connectivity index (χ1n) is 9.74. The summed E-state index contributed by atoms with van der Waals surface area (Å²) < 4.78 is 1.97. The number of amides is 1. The molecule has 1 amide bonds. The zero-order chi connectivity index (χ0) is 20.8. The molecule has 0 bridgehead atoms. The average molecular weight is 429 g/mol. The third kappa shape index (κ3) is 5.19. The van der Waals surface area contributed by atoms with E-state index in [1.54, 1.807) is 0 Å². The lowest BCUT2D eigenvalue weighted by Crippen LogP contribution is -2.14. The van der Waals surface area contributed by atoms with E-state index in [1.807, 2.05) is 47.9 Å². The van der Waals surface area contributed by atoms with Gasteiger partial charge in [0.2, 0.25) is 5.91 Å². The summed E-state index contributed by atoms with van der Waals surface area (Å²) in [4.78, 5) is 12.4. The van der Waals surface area contributed by atoms with Crippen LogP contribution in [0.1, 0.15) is 38.7 Å². The van der Waals surface area contributed by atoms with Crippen LogP contribution >= 0.6 is 23.4 Å². The van der Waals surface area contributed by atoms with E-state index < -0.39 is 0 Å². The Labute approximate surface area is 180 Å². The van der Waals surface area contributed by atoms with Gasteiger partial charge in [0.25, 0.3) is 0 Å². The van der Waals surface area contributed by atoms with Crippen molar-refractivity contribution in [3.63, 3.8) is 0 Å². The number of nitrogens with zero attached hydrogens (tertiary/aromatic N) is 3. The van der Waals surface area contributed by atoms with Crippen molar-refractivity contribution in [2.75, 3.05) is 11.1 Å². The molecule has 0 saturated heterocycles. The molecule has 29 heavy (non-hydrogen) atoms. The number of benzene rings is 2. The number of halogens is 1. The number of anilines is 1. The Balaban J connectivity index is 1.64. The van der Waals surface area contributed by atoms with Gasteiger partial charge >= 0.3 is 0 Å². The number of carbonyl (C=O) groups excluding carboxylic acids is 1. The van der Waals surface area contributed by atoms with Crippen LogP contribution in [0.3, 0.4) is 0 Å². The minimum atomic E-state index is -0.0729. The van der Waals surface area contributed by atoms with Gasteiger partial charge in [-0.2, -0.15) is 0 Å². The summed E-state index contributed by atoms with van der Waals surface area (Å²) in [6.45, 7) is 7.08. The molecule has 152 valence electrons. The largest absolute Gasteiger partial charge is 0.325 e. The zero-order valence-electron chi connectivity index (χ0n) is 16.9. The van der Waals surface area contributed by atoms with Crippen LogP contribution in [0.4, 0.5) is 5.69 Å². The molecular formula is C22H25ClN4OS. The number of thioether (sulfide) groups is 1. The molecule has 1 heterocycles. The minimum Gasteiger partial charge on any atom is -0.325 e. The average Bonchev–Trinajstić information content (AvgIpc) is 3.15. The highest BCUT2D eigenvalue weighted by molar-refractivity contribution is 7.99. The van der Waals surface area contributed by atoms with Crippen LogP contribution in [0, 0.1) is 0 Å². The zero-order valence-corrected chi connectivity index (χ0v) is 18.4. The molecule has 7 heteroatoms. The summed E-state index contributed by atoms with van der Waals surface area (Å²) in [6.07, 6.45) is 1.09. The van der Waals surface area contributed by atoms with Gasteiger partial charge in [-0.1, -0.05) is 61.5 Å². The number of hydrogen-bond donors (Lipinski definition) is 1. The summed E-state index contributed by atoms with van der Waals surface area (Å²) >= 11 is 7.67. The standard InChI is InChI=1S/C22H25ClN4OS/c1-4-15(3)16-10-12-17(13-11-16)24-20(28)14-29-22-26-25-21(27(22)5-2)18-8-6-7-9-19(18)23/h6-13,15H,4-5,14H2,1-3H3,(H,24,28)/t15-/m0/s1. The van der Waals surface area contributed by atoms with E-state index in [1.165, 1.54) is 17.3 Å². The van der Waals surface area contributed by atoms with E-state index >= 15 is 0 Å². The molecule has 0 radical (unpaired) electrons. The highest BCUT2D eigenvalue weighted by Gasteiger charge is 2.16. The fourth-order valence-corrected chi connectivity index (χ4v) is 4.00. The molecule has 1 N–H and O–H groups in total. The molecule has 2 aromatic carbocycles. The van der Waals surface area contributed by atoms with E-state index in [4.69, 9.17) is 11.6 Å². The van der Waals surface area contributed by atoms with Gasteiger partial charge in [-0.3, -0.25) is 4.79 Å². The van der Waals surface area contributed by atoms with Gasteiger partial charge in [-0.05, 0) is 49.1 Å². The summed E-state index contributed by atoms with van der Waals surface area (Å²) in [5.74, 6) is 1.41. The molecule has 0 aliphatic rings. The second-order valence-electron chi connectivity index (χ2n) is 6.80. The quantitative estimate of drug-likeness (QED) is 0.456. The predicted octanol–water partition coefficient (Wildman–Crippen LogP) is 5.86. The maximum atomic E-state index is 12.4. The van der Waals surface area contributed by atoms with Gasteiger partial charge in [-0.25, -0.2) is 0 Å². The van der Waals surface area contributed by atoms with Gasteiger partial charge in [0, 0.05) is 17.8 Å². The van der Waals surface area contributed by atoms with Crippen molar-refractivity contribution in [2.24, 2.45) is 0 Å². The molecule has 1 atom stereocenters. The van der Waals surface area contributed by atoms with Crippen molar-refractivity contribution in [3.8, 4) is 11.4 Å². The van der Waals surface area contributed by atoms with Crippen molar-refractivity contribution >= 4 is 35.0 Å². The van der Waals surface area contributed by atoms with Crippen molar-refractivity contribution in [1.29, 1.82) is 0 Å². The van der Waals surface area contributed by atoms with Gasteiger partial charge in [0.15, 0.2) is 11.0 Å². The third-order valence-electron chi connectivity index (χ3n) is 4.86. The van der Waals surface area contributed by atoms with Crippen LogP contribution in [0.2, 0.25) is 5.02 Å².